The molecule has 0 aliphatic carbocycles. The van der Waals surface area contributed by atoms with Gasteiger partial charge in [-0.05, 0) is 62.9 Å². The molecule has 142 valence electrons. The molecular formula is C22H44N2. The summed E-state index contributed by atoms with van der Waals surface area (Å²) in [6, 6.07) is 0.493. The van der Waals surface area contributed by atoms with Gasteiger partial charge in [-0.2, -0.15) is 0 Å². The van der Waals surface area contributed by atoms with Crippen LogP contribution in [0.2, 0.25) is 0 Å². The van der Waals surface area contributed by atoms with Crippen LogP contribution in [0, 0.1) is 47.9 Å². The zero-order chi connectivity index (χ0) is 18.9. The van der Waals surface area contributed by atoms with Gasteiger partial charge in [-0.1, -0.05) is 48.0 Å². The normalized spacial score (nSPS) is 20.7. The van der Waals surface area contributed by atoms with E-state index in [1.54, 1.807) is 0 Å². The van der Waals surface area contributed by atoms with E-state index in [4.69, 9.17) is 12.2 Å². The molecule has 2 heteroatoms. The minimum Gasteiger partial charge on any atom is -0.329 e. The summed E-state index contributed by atoms with van der Waals surface area (Å²) in [6.45, 7) is 14.8. The molecule has 0 saturated carbocycles. The number of rotatable bonds is 12. The molecule has 0 saturated heterocycles. The van der Waals surface area contributed by atoms with Gasteiger partial charge >= 0.3 is 0 Å². The SMILES string of the molecule is C#CC(C)C(CC(C)CC(C)C(C)CC(CN)N(C)C)C(C)CC. The summed E-state index contributed by atoms with van der Waals surface area (Å²) in [5.41, 5.74) is 5.93. The van der Waals surface area contributed by atoms with Crippen LogP contribution in [0.15, 0.2) is 0 Å². The second-order valence-corrected chi connectivity index (χ2v) is 8.62. The van der Waals surface area contributed by atoms with Gasteiger partial charge in [-0.3, -0.25) is 0 Å². The molecule has 0 aromatic heterocycles. The summed E-state index contributed by atoms with van der Waals surface area (Å²) in [5, 5.41) is 0. The van der Waals surface area contributed by atoms with E-state index in [2.05, 4.69) is 66.5 Å². The Bertz CT molecular complexity index is 357. The summed E-state index contributed by atoms with van der Waals surface area (Å²) in [7, 11) is 4.27. The Morgan fingerprint density at radius 1 is 0.917 bits per heavy atom. The van der Waals surface area contributed by atoms with E-state index in [9.17, 15) is 0 Å². The summed E-state index contributed by atoms with van der Waals surface area (Å²) < 4.78 is 0. The minimum absolute atomic E-state index is 0.380. The van der Waals surface area contributed by atoms with Crippen molar-refractivity contribution in [3.63, 3.8) is 0 Å². The summed E-state index contributed by atoms with van der Waals surface area (Å²) in [4.78, 5) is 2.26. The first-order valence-corrected chi connectivity index (χ1v) is 10.00. The third-order valence-corrected chi connectivity index (χ3v) is 6.35. The van der Waals surface area contributed by atoms with E-state index in [1.807, 2.05) is 0 Å². The largest absolute Gasteiger partial charge is 0.329 e. The molecule has 7 unspecified atom stereocenters. The molecule has 0 heterocycles. The van der Waals surface area contributed by atoms with Crippen molar-refractivity contribution in [2.75, 3.05) is 20.6 Å². The van der Waals surface area contributed by atoms with Crippen molar-refractivity contribution in [3.05, 3.63) is 0 Å². The first-order chi connectivity index (χ1) is 11.2. The van der Waals surface area contributed by atoms with Crippen LogP contribution in [-0.2, 0) is 0 Å². The third kappa shape index (κ3) is 8.04. The van der Waals surface area contributed by atoms with Gasteiger partial charge in [0.25, 0.3) is 0 Å². The fourth-order valence-corrected chi connectivity index (χ4v) is 3.96. The smallest absolute Gasteiger partial charge is 0.0214 e. The van der Waals surface area contributed by atoms with Gasteiger partial charge in [0.2, 0.25) is 0 Å². The van der Waals surface area contributed by atoms with Crippen molar-refractivity contribution in [1.82, 2.24) is 4.90 Å². The van der Waals surface area contributed by atoms with Crippen LogP contribution in [0.1, 0.15) is 67.2 Å². The molecule has 7 atom stereocenters. The topological polar surface area (TPSA) is 29.3 Å². The Labute approximate surface area is 153 Å². The fraction of sp³-hybridized carbons (Fsp3) is 0.909. The number of terminal acetylenes is 1. The Hall–Kier alpha value is -0.520. The fourth-order valence-electron chi connectivity index (χ4n) is 3.96. The quantitative estimate of drug-likeness (QED) is 0.514. The summed E-state index contributed by atoms with van der Waals surface area (Å²) >= 11 is 0. The van der Waals surface area contributed by atoms with Crippen molar-refractivity contribution < 1.29 is 0 Å². The van der Waals surface area contributed by atoms with Crippen molar-refractivity contribution in [3.8, 4) is 12.3 Å². The van der Waals surface area contributed by atoms with E-state index in [-0.39, 0.29) is 0 Å². The van der Waals surface area contributed by atoms with E-state index in [0.717, 1.165) is 18.4 Å². The maximum atomic E-state index is 5.93. The molecule has 0 fully saturated rings. The Morgan fingerprint density at radius 3 is 1.88 bits per heavy atom. The molecule has 0 amide bonds. The molecule has 0 rings (SSSR count). The average Bonchev–Trinajstić information content (AvgIpc) is 2.55. The van der Waals surface area contributed by atoms with Gasteiger partial charge in [-0.25, -0.2) is 0 Å². The second-order valence-electron chi connectivity index (χ2n) is 8.62. The lowest BCUT2D eigenvalue weighted by Gasteiger charge is -2.32. The lowest BCUT2D eigenvalue weighted by molar-refractivity contribution is 0.186. The molecule has 0 spiro atoms. The highest BCUT2D eigenvalue weighted by molar-refractivity contribution is 4.95. The summed E-state index contributed by atoms with van der Waals surface area (Å²) in [5.74, 6) is 6.89. The molecule has 24 heavy (non-hydrogen) atoms. The number of likely N-dealkylation sites (N-methyl/N-ethyl adjacent to an activating group) is 1. The van der Waals surface area contributed by atoms with Crippen LogP contribution in [-0.4, -0.2) is 31.6 Å². The maximum absolute atomic E-state index is 5.93. The van der Waals surface area contributed by atoms with Crippen LogP contribution >= 0.6 is 0 Å². The number of nitrogens with zero attached hydrogens (tertiary/aromatic N) is 1. The first-order valence-electron chi connectivity index (χ1n) is 10.00. The van der Waals surface area contributed by atoms with Gasteiger partial charge in [0, 0.05) is 18.5 Å². The van der Waals surface area contributed by atoms with Gasteiger partial charge in [0.05, 0.1) is 0 Å². The van der Waals surface area contributed by atoms with Crippen LogP contribution in [0.4, 0.5) is 0 Å². The number of hydrogen-bond acceptors (Lipinski definition) is 2. The van der Waals surface area contributed by atoms with Crippen molar-refractivity contribution in [1.29, 1.82) is 0 Å². The predicted octanol–water partition coefficient (Wildman–Crippen LogP) is 4.89. The Kier molecular flexibility index (Phi) is 11.7. The molecule has 0 aliphatic heterocycles. The van der Waals surface area contributed by atoms with Crippen LogP contribution < -0.4 is 5.73 Å². The zero-order valence-electron chi connectivity index (χ0n) is 17.7. The lowest BCUT2D eigenvalue weighted by atomic mass is 9.74. The molecule has 0 bridgehead atoms. The minimum atomic E-state index is 0.380. The maximum Gasteiger partial charge on any atom is 0.0214 e. The van der Waals surface area contributed by atoms with Crippen molar-refractivity contribution in [2.45, 2.75) is 73.3 Å². The average molecular weight is 337 g/mol. The molecular weight excluding hydrogens is 292 g/mol. The van der Waals surface area contributed by atoms with Crippen LogP contribution in [0.5, 0.6) is 0 Å². The van der Waals surface area contributed by atoms with E-state index in [1.165, 1.54) is 25.7 Å². The highest BCUT2D eigenvalue weighted by Gasteiger charge is 2.26. The molecule has 2 nitrogen and oxygen atoms in total. The number of nitrogens with two attached hydrogens (primary N) is 1. The number of hydrogen-bond donors (Lipinski definition) is 1. The lowest BCUT2D eigenvalue weighted by Crippen LogP contribution is -2.37. The highest BCUT2D eigenvalue weighted by Crippen LogP contribution is 2.33. The van der Waals surface area contributed by atoms with Crippen LogP contribution in [0.25, 0.3) is 0 Å². The second kappa shape index (κ2) is 11.9. The molecule has 0 aromatic rings. The van der Waals surface area contributed by atoms with Crippen LogP contribution in [0.3, 0.4) is 0 Å². The summed E-state index contributed by atoms with van der Waals surface area (Å²) in [6.07, 6.45) is 10.7. The van der Waals surface area contributed by atoms with Gasteiger partial charge in [0.1, 0.15) is 0 Å². The zero-order valence-corrected chi connectivity index (χ0v) is 17.7. The van der Waals surface area contributed by atoms with Gasteiger partial charge in [-0.15, -0.1) is 12.3 Å². The molecule has 2 N–H and O–H groups in total. The Morgan fingerprint density at radius 2 is 1.46 bits per heavy atom. The van der Waals surface area contributed by atoms with E-state index < -0.39 is 0 Å². The molecule has 0 radical (unpaired) electrons. The highest BCUT2D eigenvalue weighted by atomic mass is 15.1. The van der Waals surface area contributed by atoms with E-state index in [0.29, 0.717) is 29.7 Å². The standard InChI is InChI=1S/C22H44N2/c1-10-17(4)22(18(5)11-2)13-16(3)12-19(6)20(7)14-21(15-23)24(8)9/h1,16-22H,11-15,23H2,2-9H3. The predicted molar refractivity (Wildman–Crippen MR) is 109 cm³/mol. The van der Waals surface area contributed by atoms with Gasteiger partial charge < -0.3 is 10.6 Å². The van der Waals surface area contributed by atoms with Crippen molar-refractivity contribution in [2.24, 2.45) is 41.2 Å². The van der Waals surface area contributed by atoms with Gasteiger partial charge in [0.15, 0.2) is 0 Å². The van der Waals surface area contributed by atoms with Crippen molar-refractivity contribution >= 4 is 0 Å². The molecule has 0 aromatic carbocycles. The third-order valence-electron chi connectivity index (χ3n) is 6.35. The monoisotopic (exact) mass is 336 g/mol. The van der Waals surface area contributed by atoms with E-state index >= 15 is 0 Å². The Balaban J connectivity index is 4.61. The molecule has 0 aliphatic rings. The first kappa shape index (κ1) is 23.5.